The molecule has 0 bridgehead atoms. The summed E-state index contributed by atoms with van der Waals surface area (Å²) in [5.74, 6) is 0.126. The Balaban J connectivity index is 1.94. The van der Waals surface area contributed by atoms with Gasteiger partial charge in [0, 0.05) is 27.7 Å². The van der Waals surface area contributed by atoms with Crippen molar-refractivity contribution in [2.75, 3.05) is 0 Å². The molecule has 8 heteroatoms. The molecule has 2 aromatic rings. The van der Waals surface area contributed by atoms with Crippen molar-refractivity contribution in [2.45, 2.75) is 6.61 Å². The molecule has 0 fully saturated rings. The summed E-state index contributed by atoms with van der Waals surface area (Å²) in [5, 5.41) is 11.2. The average molecular weight is 342 g/mol. The third kappa shape index (κ3) is 4.09. The predicted molar refractivity (Wildman–Crippen MR) is 80.4 cm³/mol. The summed E-state index contributed by atoms with van der Waals surface area (Å²) >= 11 is 11.9. The van der Waals surface area contributed by atoms with Crippen LogP contribution in [0.5, 0.6) is 5.75 Å². The van der Waals surface area contributed by atoms with Gasteiger partial charge in [0.2, 0.25) is 0 Å². The Bertz CT molecular complexity index is 683. The number of nitro benzene ring substituents is 1. The molecule has 2 aromatic carbocycles. The van der Waals surface area contributed by atoms with Crippen LogP contribution >= 0.6 is 23.2 Å². The monoisotopic (exact) mass is 341 g/mol. The maximum absolute atomic E-state index is 11.6. The third-order valence-electron chi connectivity index (χ3n) is 2.64. The second kappa shape index (κ2) is 7.11. The molecule has 0 aliphatic heterocycles. The van der Waals surface area contributed by atoms with E-state index < -0.39 is 11.1 Å². The normalized spacial score (nSPS) is 10.1. The number of carbonyl (C=O) groups excluding carboxylic acids is 1. The second-order valence-corrected chi connectivity index (χ2v) is 4.91. The van der Waals surface area contributed by atoms with E-state index in [1.54, 1.807) is 18.2 Å². The van der Waals surface area contributed by atoms with Crippen molar-refractivity contribution < 1.29 is 19.2 Å². The Hall–Kier alpha value is -2.31. The van der Waals surface area contributed by atoms with Crippen molar-refractivity contribution in [3.8, 4) is 5.75 Å². The predicted octanol–water partition coefficient (Wildman–Crippen LogP) is 4.62. The Morgan fingerprint density at radius 3 is 2.23 bits per heavy atom. The highest BCUT2D eigenvalue weighted by atomic mass is 35.5. The lowest BCUT2D eigenvalue weighted by Gasteiger charge is -2.08. The van der Waals surface area contributed by atoms with Crippen molar-refractivity contribution in [2.24, 2.45) is 0 Å². The highest BCUT2D eigenvalue weighted by molar-refractivity contribution is 6.35. The average Bonchev–Trinajstić information content (AvgIpc) is 2.47. The first-order valence-electron chi connectivity index (χ1n) is 5.99. The number of halogens is 2. The van der Waals surface area contributed by atoms with Crippen molar-refractivity contribution in [1.82, 2.24) is 0 Å². The molecule has 22 heavy (non-hydrogen) atoms. The van der Waals surface area contributed by atoms with E-state index >= 15 is 0 Å². The van der Waals surface area contributed by atoms with Gasteiger partial charge in [0.05, 0.1) is 4.92 Å². The van der Waals surface area contributed by atoms with E-state index in [1.165, 1.54) is 24.3 Å². The highest BCUT2D eigenvalue weighted by Gasteiger charge is 2.12. The van der Waals surface area contributed by atoms with Crippen LogP contribution < -0.4 is 4.74 Å². The number of nitro groups is 1. The third-order valence-corrected chi connectivity index (χ3v) is 3.35. The number of carbonyl (C=O) groups is 1. The maximum atomic E-state index is 11.6. The molecule has 0 aliphatic carbocycles. The largest absolute Gasteiger partial charge is 0.514 e. The zero-order valence-corrected chi connectivity index (χ0v) is 12.5. The van der Waals surface area contributed by atoms with Gasteiger partial charge < -0.3 is 9.47 Å². The van der Waals surface area contributed by atoms with Crippen LogP contribution in [-0.4, -0.2) is 11.1 Å². The molecule has 0 amide bonds. The molecule has 2 rings (SSSR count). The van der Waals surface area contributed by atoms with E-state index in [2.05, 4.69) is 0 Å². The SMILES string of the molecule is O=C(OCc1c(Cl)cccc1Cl)Oc1ccc([N+](=O)[O-])cc1. The minimum absolute atomic E-state index is 0.108. The van der Waals surface area contributed by atoms with Gasteiger partial charge in [0.25, 0.3) is 5.69 Å². The molecular formula is C14H9Cl2NO5. The molecular weight excluding hydrogens is 333 g/mol. The van der Waals surface area contributed by atoms with Gasteiger partial charge in [-0.15, -0.1) is 0 Å². The zero-order valence-electron chi connectivity index (χ0n) is 11.0. The van der Waals surface area contributed by atoms with E-state index in [0.717, 1.165) is 0 Å². The first-order valence-corrected chi connectivity index (χ1v) is 6.75. The van der Waals surface area contributed by atoms with Gasteiger partial charge in [-0.1, -0.05) is 29.3 Å². The standard InChI is InChI=1S/C14H9Cl2NO5/c15-12-2-1-3-13(16)11(12)8-21-14(18)22-10-6-4-9(5-7-10)17(19)20/h1-7H,8H2. The summed E-state index contributed by atoms with van der Waals surface area (Å²) in [6.45, 7) is -0.148. The van der Waals surface area contributed by atoms with Gasteiger partial charge >= 0.3 is 6.16 Å². The lowest BCUT2D eigenvalue weighted by atomic mass is 10.2. The van der Waals surface area contributed by atoms with Crippen molar-refractivity contribution in [3.63, 3.8) is 0 Å². The molecule has 0 N–H and O–H groups in total. The van der Waals surface area contributed by atoms with Crippen LogP contribution in [0.1, 0.15) is 5.56 Å². The topological polar surface area (TPSA) is 78.7 Å². The molecule has 114 valence electrons. The summed E-state index contributed by atoms with van der Waals surface area (Å²) in [7, 11) is 0. The van der Waals surface area contributed by atoms with Crippen molar-refractivity contribution >= 4 is 35.0 Å². The fourth-order valence-corrected chi connectivity index (χ4v) is 2.07. The summed E-state index contributed by atoms with van der Waals surface area (Å²) in [6, 6.07) is 9.93. The van der Waals surface area contributed by atoms with Crippen molar-refractivity contribution in [3.05, 3.63) is 68.2 Å². The molecule has 0 heterocycles. The molecule has 0 aromatic heterocycles. The van der Waals surface area contributed by atoms with Crippen LogP contribution in [-0.2, 0) is 11.3 Å². The minimum Gasteiger partial charge on any atom is -0.429 e. The fourth-order valence-electron chi connectivity index (χ4n) is 1.56. The van der Waals surface area contributed by atoms with Crippen molar-refractivity contribution in [1.29, 1.82) is 0 Å². The van der Waals surface area contributed by atoms with Gasteiger partial charge in [-0.2, -0.15) is 0 Å². The Kier molecular flexibility index (Phi) is 5.19. The quantitative estimate of drug-likeness (QED) is 0.351. The number of non-ortho nitro benzene ring substituents is 1. The van der Waals surface area contributed by atoms with Gasteiger partial charge in [-0.05, 0) is 24.3 Å². The maximum Gasteiger partial charge on any atom is 0.514 e. The van der Waals surface area contributed by atoms with E-state index in [9.17, 15) is 14.9 Å². The van der Waals surface area contributed by atoms with E-state index in [-0.39, 0.29) is 18.0 Å². The first kappa shape index (κ1) is 16.1. The summed E-state index contributed by atoms with van der Waals surface area (Å²) in [4.78, 5) is 21.5. The molecule has 0 spiro atoms. The van der Waals surface area contributed by atoms with Gasteiger partial charge in [0.1, 0.15) is 12.4 Å². The molecule has 0 saturated carbocycles. The van der Waals surface area contributed by atoms with Crippen LogP contribution in [0.15, 0.2) is 42.5 Å². The lowest BCUT2D eigenvalue weighted by molar-refractivity contribution is -0.384. The molecule has 0 saturated heterocycles. The number of hydrogen-bond donors (Lipinski definition) is 0. The summed E-state index contributed by atoms with van der Waals surface area (Å²) in [6.07, 6.45) is -0.968. The molecule has 0 unspecified atom stereocenters. The van der Waals surface area contributed by atoms with Crippen LogP contribution in [0, 0.1) is 10.1 Å². The van der Waals surface area contributed by atoms with Gasteiger partial charge in [0.15, 0.2) is 0 Å². The molecule has 0 atom stereocenters. The van der Waals surface area contributed by atoms with E-state index in [4.69, 9.17) is 32.7 Å². The number of hydrogen-bond acceptors (Lipinski definition) is 5. The molecule has 6 nitrogen and oxygen atoms in total. The van der Waals surface area contributed by atoms with Crippen LogP contribution in [0.2, 0.25) is 10.0 Å². The van der Waals surface area contributed by atoms with Crippen LogP contribution in [0.4, 0.5) is 10.5 Å². The van der Waals surface area contributed by atoms with Crippen LogP contribution in [0.25, 0.3) is 0 Å². The lowest BCUT2D eigenvalue weighted by Crippen LogP contribution is -2.10. The Morgan fingerprint density at radius 1 is 1.09 bits per heavy atom. The number of ether oxygens (including phenoxy) is 2. The Morgan fingerprint density at radius 2 is 1.68 bits per heavy atom. The first-order chi connectivity index (χ1) is 10.5. The van der Waals surface area contributed by atoms with Gasteiger partial charge in [-0.3, -0.25) is 10.1 Å². The number of benzene rings is 2. The van der Waals surface area contributed by atoms with E-state index in [1.807, 2.05) is 0 Å². The fraction of sp³-hybridized carbons (Fsp3) is 0.0714. The Labute approximate surface area is 135 Å². The number of rotatable bonds is 4. The highest BCUT2D eigenvalue weighted by Crippen LogP contribution is 2.25. The molecule has 0 aliphatic rings. The van der Waals surface area contributed by atoms with Crippen LogP contribution in [0.3, 0.4) is 0 Å². The van der Waals surface area contributed by atoms with E-state index in [0.29, 0.717) is 15.6 Å². The number of nitrogens with zero attached hydrogens (tertiary/aromatic N) is 1. The zero-order chi connectivity index (χ0) is 16.1. The summed E-state index contributed by atoms with van der Waals surface area (Å²) < 4.78 is 9.79. The smallest absolute Gasteiger partial charge is 0.429 e. The minimum atomic E-state index is -0.968. The summed E-state index contributed by atoms with van der Waals surface area (Å²) in [5.41, 5.74) is 0.357. The molecule has 0 radical (unpaired) electrons. The second-order valence-electron chi connectivity index (χ2n) is 4.09. The van der Waals surface area contributed by atoms with Gasteiger partial charge in [-0.25, -0.2) is 4.79 Å².